The Labute approximate surface area is 146 Å². The molecule has 0 aromatic heterocycles. The number of hydrogen-bond acceptors (Lipinski definition) is 4. The largest absolute Gasteiger partial charge is 0.490 e. The first kappa shape index (κ1) is 25.6. The number of aliphatic carboxylic acids is 1. The highest BCUT2D eigenvalue weighted by Crippen LogP contribution is 2.13. The number of carboxylic acid groups (broad SMARTS) is 1. The van der Waals surface area contributed by atoms with E-state index in [1.165, 1.54) is 18.9 Å². The number of nitrogens with two attached hydrogens (primary N) is 1. The lowest BCUT2D eigenvalue weighted by molar-refractivity contribution is -0.192. The molecule has 6 nitrogen and oxygen atoms in total. The average molecular weight is 370 g/mol. The number of halogens is 3. The number of rotatable bonds is 11. The van der Waals surface area contributed by atoms with Crippen LogP contribution in [0.1, 0.15) is 58.3 Å². The molecule has 1 amide bonds. The molecule has 0 saturated carbocycles. The van der Waals surface area contributed by atoms with Crippen LogP contribution >= 0.6 is 0 Å². The zero-order chi connectivity index (χ0) is 19.7. The Morgan fingerprint density at radius 1 is 1.08 bits per heavy atom. The van der Waals surface area contributed by atoms with Crippen molar-refractivity contribution in [2.45, 2.75) is 64.5 Å². The van der Waals surface area contributed by atoms with Crippen molar-refractivity contribution in [2.24, 2.45) is 5.73 Å². The summed E-state index contributed by atoms with van der Waals surface area (Å²) < 4.78 is 31.7. The van der Waals surface area contributed by atoms with Gasteiger partial charge in [-0.1, -0.05) is 38.7 Å². The second-order valence-corrected chi connectivity index (χ2v) is 5.37. The molecule has 9 heteroatoms. The van der Waals surface area contributed by atoms with E-state index in [-0.39, 0.29) is 5.91 Å². The van der Waals surface area contributed by atoms with Crippen molar-refractivity contribution in [1.29, 1.82) is 0 Å². The van der Waals surface area contributed by atoms with Crippen molar-refractivity contribution >= 4 is 11.9 Å². The van der Waals surface area contributed by atoms with Gasteiger partial charge in [0.25, 0.3) is 5.91 Å². The highest BCUT2D eigenvalue weighted by Gasteiger charge is 2.38. The van der Waals surface area contributed by atoms with Gasteiger partial charge in [0.15, 0.2) is 0 Å². The van der Waals surface area contributed by atoms with Gasteiger partial charge in [-0.3, -0.25) is 10.0 Å². The van der Waals surface area contributed by atoms with Crippen LogP contribution in [0, 0.1) is 0 Å². The van der Waals surface area contributed by atoms with Crippen LogP contribution < -0.4 is 5.73 Å². The summed E-state index contributed by atoms with van der Waals surface area (Å²) in [4.78, 5) is 20.4. The molecule has 0 aliphatic rings. The third-order valence-corrected chi connectivity index (χ3v) is 3.06. The lowest BCUT2D eigenvalue weighted by Crippen LogP contribution is -2.26. The van der Waals surface area contributed by atoms with E-state index in [4.69, 9.17) is 15.6 Å². The first-order valence-corrected chi connectivity index (χ1v) is 8.33. The molecule has 0 aromatic carbocycles. The molecule has 0 aliphatic heterocycles. The van der Waals surface area contributed by atoms with Gasteiger partial charge >= 0.3 is 12.1 Å². The molecular formula is C16H29F3N2O4. The molecule has 0 saturated heterocycles. The van der Waals surface area contributed by atoms with Crippen molar-refractivity contribution in [3.8, 4) is 0 Å². The average Bonchev–Trinajstić information content (AvgIpc) is 2.53. The van der Waals surface area contributed by atoms with Crippen LogP contribution in [-0.4, -0.2) is 46.5 Å². The Bertz CT molecular complexity index is 388. The third-order valence-electron chi connectivity index (χ3n) is 3.06. The van der Waals surface area contributed by atoms with E-state index in [1.54, 1.807) is 0 Å². The van der Waals surface area contributed by atoms with E-state index in [1.807, 2.05) is 6.08 Å². The maximum atomic E-state index is 11.5. The molecule has 0 unspecified atom stereocenters. The van der Waals surface area contributed by atoms with Gasteiger partial charge in [0.2, 0.25) is 0 Å². The minimum atomic E-state index is -5.08. The van der Waals surface area contributed by atoms with Gasteiger partial charge in [0.05, 0.1) is 0 Å². The summed E-state index contributed by atoms with van der Waals surface area (Å²) in [5, 5.41) is 17.4. The van der Waals surface area contributed by atoms with Crippen LogP contribution in [0.15, 0.2) is 12.2 Å². The number of carboxylic acids is 1. The molecule has 0 aliphatic carbocycles. The molecular weight excluding hydrogens is 341 g/mol. The fraction of sp³-hybridized carbons (Fsp3) is 0.750. The van der Waals surface area contributed by atoms with E-state index in [0.717, 1.165) is 43.6 Å². The normalized spacial score (nSPS) is 11.1. The Morgan fingerprint density at radius 2 is 1.64 bits per heavy atom. The maximum absolute atomic E-state index is 11.5. The predicted octanol–water partition coefficient (Wildman–Crippen LogP) is 3.49. The number of nitrogens with zero attached hydrogens (tertiary/aromatic N) is 1. The number of amides is 1. The van der Waals surface area contributed by atoms with E-state index in [2.05, 4.69) is 6.92 Å². The van der Waals surface area contributed by atoms with E-state index in [0.29, 0.717) is 13.1 Å². The highest BCUT2D eigenvalue weighted by molar-refractivity contribution is 5.86. The Kier molecular flexibility index (Phi) is 16.3. The summed E-state index contributed by atoms with van der Waals surface area (Å²) in [5.74, 6) is -3.07. The fourth-order valence-electron chi connectivity index (χ4n) is 1.65. The molecule has 0 fully saturated rings. The first-order valence-electron chi connectivity index (χ1n) is 8.33. The topological polar surface area (TPSA) is 104 Å². The second kappa shape index (κ2) is 15.9. The summed E-state index contributed by atoms with van der Waals surface area (Å²) in [6.45, 7) is 3.26. The van der Waals surface area contributed by atoms with Crippen molar-refractivity contribution in [1.82, 2.24) is 5.06 Å². The molecule has 148 valence electrons. The summed E-state index contributed by atoms with van der Waals surface area (Å²) >= 11 is 0. The Balaban J connectivity index is 0. The molecule has 0 atom stereocenters. The zero-order valence-corrected chi connectivity index (χ0v) is 14.6. The maximum Gasteiger partial charge on any atom is 0.490 e. The number of hydrogen-bond donors (Lipinski definition) is 3. The molecule has 4 N–H and O–H groups in total. The molecule has 0 aromatic rings. The summed E-state index contributed by atoms with van der Waals surface area (Å²) in [7, 11) is 0. The van der Waals surface area contributed by atoms with Crippen LogP contribution in [0.2, 0.25) is 0 Å². The number of unbranched alkanes of at least 4 members (excludes halogenated alkanes) is 6. The van der Waals surface area contributed by atoms with Gasteiger partial charge in [-0.25, -0.2) is 9.86 Å². The van der Waals surface area contributed by atoms with Gasteiger partial charge in [-0.05, 0) is 32.2 Å². The fourth-order valence-corrected chi connectivity index (χ4v) is 1.65. The van der Waals surface area contributed by atoms with E-state index in [9.17, 15) is 23.2 Å². The molecule has 0 bridgehead atoms. The van der Waals surface area contributed by atoms with Crippen molar-refractivity contribution in [3.63, 3.8) is 0 Å². The summed E-state index contributed by atoms with van der Waals surface area (Å²) in [6, 6.07) is 0. The van der Waals surface area contributed by atoms with Crippen LogP contribution in [0.4, 0.5) is 13.2 Å². The van der Waals surface area contributed by atoms with Crippen molar-refractivity contribution < 1.29 is 33.1 Å². The van der Waals surface area contributed by atoms with Crippen molar-refractivity contribution in [2.75, 3.05) is 13.1 Å². The van der Waals surface area contributed by atoms with Gasteiger partial charge in [-0.15, -0.1) is 0 Å². The highest BCUT2D eigenvalue weighted by atomic mass is 19.4. The lowest BCUT2D eigenvalue weighted by atomic mass is 10.2. The van der Waals surface area contributed by atoms with E-state index < -0.39 is 12.1 Å². The van der Waals surface area contributed by atoms with Crippen LogP contribution in [0.25, 0.3) is 0 Å². The SMILES string of the molecule is CCCCC/C=C/C(=O)N(O)CCCCCCN.O=C(O)C(F)(F)F. The first-order chi connectivity index (χ1) is 11.7. The van der Waals surface area contributed by atoms with Crippen molar-refractivity contribution in [3.05, 3.63) is 12.2 Å². The molecule has 0 spiro atoms. The monoisotopic (exact) mass is 370 g/mol. The number of alkyl halides is 3. The molecule has 0 radical (unpaired) electrons. The van der Waals surface area contributed by atoms with Gasteiger partial charge in [0, 0.05) is 12.6 Å². The van der Waals surface area contributed by atoms with Gasteiger partial charge in [-0.2, -0.15) is 13.2 Å². The zero-order valence-electron chi connectivity index (χ0n) is 14.6. The number of carbonyl (C=O) groups is 2. The Morgan fingerprint density at radius 3 is 2.12 bits per heavy atom. The third kappa shape index (κ3) is 18.6. The van der Waals surface area contributed by atoms with Crippen LogP contribution in [0.3, 0.4) is 0 Å². The number of carbonyl (C=O) groups excluding carboxylic acids is 1. The summed E-state index contributed by atoms with van der Waals surface area (Å²) in [5.41, 5.74) is 5.39. The lowest BCUT2D eigenvalue weighted by Gasteiger charge is -2.12. The predicted molar refractivity (Wildman–Crippen MR) is 88.0 cm³/mol. The standard InChI is InChI=1S/C14H28N2O2.C2HF3O2/c1-2-3-4-5-8-11-14(17)16(18)13-10-7-6-9-12-15;3-2(4,5)1(6)7/h8,11,18H,2-7,9-10,12-13,15H2,1H3;(H,6,7)/b11-8+;. The number of allylic oxidation sites excluding steroid dienone is 1. The second-order valence-electron chi connectivity index (χ2n) is 5.37. The van der Waals surface area contributed by atoms with Crippen LogP contribution in [0.5, 0.6) is 0 Å². The van der Waals surface area contributed by atoms with Gasteiger partial charge in [0.1, 0.15) is 0 Å². The minimum Gasteiger partial charge on any atom is -0.475 e. The van der Waals surface area contributed by atoms with Gasteiger partial charge < -0.3 is 10.8 Å². The molecule has 0 rings (SSSR count). The minimum absolute atomic E-state index is 0.315. The smallest absolute Gasteiger partial charge is 0.475 e. The number of hydroxylamine groups is 2. The van der Waals surface area contributed by atoms with E-state index >= 15 is 0 Å². The molecule has 0 heterocycles. The summed E-state index contributed by atoms with van der Waals surface area (Å²) in [6.07, 6.45) is 6.49. The Hall–Kier alpha value is -1.61. The molecule has 25 heavy (non-hydrogen) atoms. The van der Waals surface area contributed by atoms with Crippen LogP contribution in [-0.2, 0) is 9.59 Å². The quantitative estimate of drug-likeness (QED) is 0.223.